The molecule has 0 spiro atoms. The van der Waals surface area contributed by atoms with E-state index < -0.39 is 17.7 Å². The molecule has 1 unspecified atom stereocenters. The second-order valence-electron chi connectivity index (χ2n) is 8.89. The van der Waals surface area contributed by atoms with Crippen molar-refractivity contribution < 1.29 is 34.0 Å². The first kappa shape index (κ1) is 26.3. The van der Waals surface area contributed by atoms with E-state index in [9.17, 15) is 19.8 Å². The molecular formula is C28H34N2O7. The van der Waals surface area contributed by atoms with Gasteiger partial charge >= 0.3 is 0 Å². The summed E-state index contributed by atoms with van der Waals surface area (Å²) in [5.74, 6) is -0.512. The molecule has 1 saturated heterocycles. The molecule has 9 heteroatoms. The van der Waals surface area contributed by atoms with Crippen molar-refractivity contribution in [1.29, 1.82) is 0 Å². The zero-order valence-electron chi connectivity index (χ0n) is 21.5. The van der Waals surface area contributed by atoms with Gasteiger partial charge in [-0.05, 0) is 68.9 Å². The molecule has 1 fully saturated rings. The maximum absolute atomic E-state index is 13.3. The third-order valence-corrected chi connectivity index (χ3v) is 6.72. The standard InChI is InChI=1S/C28H34N2O7/c1-4-29(5-2)12-7-13-30-25(18-8-10-20(31)22(16-18)35-6-3)24(27(33)28(30)34)26(32)19-9-11-21-23(17-19)37-15-14-36-21/h8-11,16-17,25,31-32H,4-7,12-15H2,1-3H3/b26-24-. The number of aliphatic hydroxyl groups is 1. The van der Waals surface area contributed by atoms with Gasteiger partial charge in [0.15, 0.2) is 23.0 Å². The summed E-state index contributed by atoms with van der Waals surface area (Å²) >= 11 is 0. The molecule has 0 aromatic heterocycles. The van der Waals surface area contributed by atoms with Crippen LogP contribution in [0.25, 0.3) is 5.76 Å². The van der Waals surface area contributed by atoms with E-state index >= 15 is 0 Å². The topological polar surface area (TPSA) is 109 Å². The highest BCUT2D eigenvalue weighted by Crippen LogP contribution is 2.43. The van der Waals surface area contributed by atoms with Crippen LogP contribution in [0.5, 0.6) is 23.0 Å². The van der Waals surface area contributed by atoms with Crippen LogP contribution < -0.4 is 14.2 Å². The normalized spacial score (nSPS) is 18.5. The van der Waals surface area contributed by atoms with E-state index in [1.807, 2.05) is 0 Å². The van der Waals surface area contributed by atoms with Crippen molar-refractivity contribution in [3.8, 4) is 23.0 Å². The number of phenolic OH excluding ortho intramolecular Hbond substituents is 1. The zero-order valence-corrected chi connectivity index (χ0v) is 21.5. The van der Waals surface area contributed by atoms with Crippen LogP contribution in [-0.4, -0.2) is 77.7 Å². The quantitative estimate of drug-likeness (QED) is 0.283. The number of rotatable bonds is 10. The second-order valence-corrected chi connectivity index (χ2v) is 8.89. The Kier molecular flexibility index (Phi) is 8.23. The van der Waals surface area contributed by atoms with E-state index in [0.717, 1.165) is 19.6 Å². The van der Waals surface area contributed by atoms with Crippen molar-refractivity contribution in [2.45, 2.75) is 33.2 Å². The number of fused-ring (bicyclic) bond motifs is 1. The molecule has 2 aromatic rings. The van der Waals surface area contributed by atoms with E-state index in [4.69, 9.17) is 14.2 Å². The number of hydrogen-bond donors (Lipinski definition) is 2. The lowest BCUT2D eigenvalue weighted by Gasteiger charge is -2.27. The monoisotopic (exact) mass is 510 g/mol. The average Bonchev–Trinajstić information content (AvgIpc) is 3.16. The van der Waals surface area contributed by atoms with Crippen molar-refractivity contribution in [2.75, 3.05) is 46.0 Å². The Bertz CT molecular complexity index is 1190. The molecule has 0 bridgehead atoms. The molecule has 2 aromatic carbocycles. The molecule has 1 amide bonds. The van der Waals surface area contributed by atoms with Crippen molar-refractivity contribution in [3.05, 3.63) is 53.1 Å². The molecule has 4 rings (SSSR count). The number of ether oxygens (including phenoxy) is 3. The number of likely N-dealkylation sites (tertiary alicyclic amines) is 1. The Balaban J connectivity index is 1.77. The van der Waals surface area contributed by atoms with Gasteiger partial charge < -0.3 is 34.2 Å². The summed E-state index contributed by atoms with van der Waals surface area (Å²) in [6.07, 6.45) is 0.658. The average molecular weight is 511 g/mol. The molecule has 37 heavy (non-hydrogen) atoms. The maximum atomic E-state index is 13.3. The van der Waals surface area contributed by atoms with Gasteiger partial charge in [-0.15, -0.1) is 0 Å². The highest BCUT2D eigenvalue weighted by molar-refractivity contribution is 6.46. The molecule has 0 radical (unpaired) electrons. The molecule has 0 aliphatic carbocycles. The molecule has 0 saturated carbocycles. The minimum Gasteiger partial charge on any atom is -0.507 e. The lowest BCUT2D eigenvalue weighted by Crippen LogP contribution is -2.33. The summed E-state index contributed by atoms with van der Waals surface area (Å²) < 4.78 is 16.8. The zero-order chi connectivity index (χ0) is 26.5. The van der Waals surface area contributed by atoms with E-state index in [-0.39, 0.29) is 22.8 Å². The lowest BCUT2D eigenvalue weighted by atomic mass is 9.94. The predicted octanol–water partition coefficient (Wildman–Crippen LogP) is 3.72. The Morgan fingerprint density at radius 1 is 1.05 bits per heavy atom. The van der Waals surface area contributed by atoms with E-state index in [0.29, 0.717) is 55.4 Å². The number of hydrogen-bond acceptors (Lipinski definition) is 8. The maximum Gasteiger partial charge on any atom is 0.295 e. The summed E-state index contributed by atoms with van der Waals surface area (Å²) in [4.78, 5) is 30.3. The van der Waals surface area contributed by atoms with E-state index in [2.05, 4.69) is 18.7 Å². The van der Waals surface area contributed by atoms with Gasteiger partial charge in [-0.2, -0.15) is 0 Å². The Labute approximate surface area is 216 Å². The molecule has 2 aliphatic heterocycles. The number of ketones is 1. The van der Waals surface area contributed by atoms with Crippen LogP contribution >= 0.6 is 0 Å². The summed E-state index contributed by atoms with van der Waals surface area (Å²) in [5, 5.41) is 21.6. The molecule has 9 nitrogen and oxygen atoms in total. The van der Waals surface area contributed by atoms with Gasteiger partial charge in [0.05, 0.1) is 18.2 Å². The molecule has 2 aliphatic rings. The van der Waals surface area contributed by atoms with Crippen LogP contribution in [0.15, 0.2) is 42.0 Å². The van der Waals surface area contributed by atoms with Crippen molar-refractivity contribution >= 4 is 17.4 Å². The molecular weight excluding hydrogens is 476 g/mol. The number of aromatic hydroxyl groups is 1. The van der Waals surface area contributed by atoms with Crippen molar-refractivity contribution in [2.24, 2.45) is 0 Å². The first-order valence-electron chi connectivity index (χ1n) is 12.8. The van der Waals surface area contributed by atoms with E-state index in [1.165, 1.54) is 11.0 Å². The highest BCUT2D eigenvalue weighted by atomic mass is 16.6. The fourth-order valence-electron chi connectivity index (χ4n) is 4.78. The number of aliphatic hydroxyl groups excluding tert-OH is 1. The number of phenols is 1. The Morgan fingerprint density at radius 2 is 1.78 bits per heavy atom. The smallest absolute Gasteiger partial charge is 0.295 e. The summed E-state index contributed by atoms with van der Waals surface area (Å²) in [6, 6.07) is 8.80. The molecule has 2 N–H and O–H groups in total. The van der Waals surface area contributed by atoms with Crippen LogP contribution in [0.4, 0.5) is 0 Å². The Morgan fingerprint density at radius 3 is 2.49 bits per heavy atom. The predicted molar refractivity (Wildman–Crippen MR) is 138 cm³/mol. The van der Waals surface area contributed by atoms with Gasteiger partial charge in [-0.25, -0.2) is 0 Å². The first-order valence-corrected chi connectivity index (χ1v) is 12.8. The molecule has 1 atom stereocenters. The fraction of sp³-hybridized carbons (Fsp3) is 0.429. The number of carbonyl (C=O) groups excluding carboxylic acids is 2. The summed E-state index contributed by atoms with van der Waals surface area (Å²) in [6.45, 7) is 9.97. The number of nitrogens with zero attached hydrogens (tertiary/aromatic N) is 2. The van der Waals surface area contributed by atoms with Gasteiger partial charge in [0.2, 0.25) is 0 Å². The van der Waals surface area contributed by atoms with Gasteiger partial charge in [0.1, 0.15) is 19.0 Å². The van der Waals surface area contributed by atoms with Crippen LogP contribution in [0.3, 0.4) is 0 Å². The third kappa shape index (κ3) is 5.36. The third-order valence-electron chi connectivity index (χ3n) is 6.72. The largest absolute Gasteiger partial charge is 0.507 e. The molecule has 2 heterocycles. The number of benzene rings is 2. The van der Waals surface area contributed by atoms with Gasteiger partial charge in [0.25, 0.3) is 11.7 Å². The number of carbonyl (C=O) groups is 2. The number of amides is 1. The Hall–Kier alpha value is -3.72. The van der Waals surface area contributed by atoms with Crippen LogP contribution in [0, 0.1) is 0 Å². The number of Topliss-reactive ketones (excluding diaryl/α,β-unsaturated/α-hetero) is 1. The van der Waals surface area contributed by atoms with Crippen molar-refractivity contribution in [3.63, 3.8) is 0 Å². The lowest BCUT2D eigenvalue weighted by molar-refractivity contribution is -0.140. The first-order chi connectivity index (χ1) is 17.9. The van der Waals surface area contributed by atoms with Gasteiger partial charge in [0, 0.05) is 12.1 Å². The summed E-state index contributed by atoms with van der Waals surface area (Å²) in [5.41, 5.74) is 0.888. The second kappa shape index (κ2) is 11.6. The minimum absolute atomic E-state index is 0.0161. The van der Waals surface area contributed by atoms with Gasteiger partial charge in [-0.1, -0.05) is 19.9 Å². The van der Waals surface area contributed by atoms with Crippen molar-refractivity contribution in [1.82, 2.24) is 9.80 Å². The summed E-state index contributed by atoms with van der Waals surface area (Å²) in [7, 11) is 0. The fourth-order valence-corrected chi connectivity index (χ4v) is 4.78. The molecule has 198 valence electrons. The van der Waals surface area contributed by atoms with Crippen LogP contribution in [0.1, 0.15) is 44.4 Å². The van der Waals surface area contributed by atoms with E-state index in [1.54, 1.807) is 37.3 Å². The van der Waals surface area contributed by atoms with Crippen LogP contribution in [0.2, 0.25) is 0 Å². The van der Waals surface area contributed by atoms with Crippen LogP contribution in [-0.2, 0) is 9.59 Å². The minimum atomic E-state index is -0.843. The highest BCUT2D eigenvalue weighted by Gasteiger charge is 2.46. The van der Waals surface area contributed by atoms with Gasteiger partial charge in [-0.3, -0.25) is 9.59 Å². The SMILES string of the molecule is CCOc1cc(C2/C(=C(/O)c3ccc4c(c3)OCCO4)C(=O)C(=O)N2CCCN(CC)CC)ccc1O.